The van der Waals surface area contributed by atoms with Gasteiger partial charge in [-0.1, -0.05) is 56.6 Å². The Morgan fingerprint density at radius 1 is 1.11 bits per heavy atom. The maximum Gasteiger partial charge on any atom is 0.260 e. The lowest BCUT2D eigenvalue weighted by Crippen LogP contribution is -2.48. The molecule has 0 aliphatic carbocycles. The molecule has 27 heavy (non-hydrogen) atoms. The van der Waals surface area contributed by atoms with Gasteiger partial charge >= 0.3 is 0 Å². The van der Waals surface area contributed by atoms with Crippen molar-refractivity contribution < 1.29 is 4.79 Å². The van der Waals surface area contributed by atoms with Crippen molar-refractivity contribution in [3.05, 3.63) is 66.8 Å². The third-order valence-electron chi connectivity index (χ3n) is 5.18. The van der Waals surface area contributed by atoms with Crippen molar-refractivity contribution in [3.63, 3.8) is 0 Å². The third-order valence-corrected chi connectivity index (χ3v) is 8.84. The number of benzene rings is 2. The van der Waals surface area contributed by atoms with E-state index in [2.05, 4.69) is 39.8 Å². The minimum atomic E-state index is -0.515. The lowest BCUT2D eigenvalue weighted by atomic mass is 9.85. The molecule has 0 atom stereocenters. The first kappa shape index (κ1) is 18.8. The summed E-state index contributed by atoms with van der Waals surface area (Å²) in [5.74, 6) is -0.0925. The quantitative estimate of drug-likeness (QED) is 0.296. The van der Waals surface area contributed by atoms with Crippen molar-refractivity contribution in [2.24, 2.45) is 0 Å². The van der Waals surface area contributed by atoms with Gasteiger partial charge in [0.2, 0.25) is 0 Å². The molecule has 0 spiro atoms. The number of halogens is 1. The summed E-state index contributed by atoms with van der Waals surface area (Å²) < 4.78 is 0.887. The molecule has 1 amide bonds. The molecule has 0 unspecified atom stereocenters. The Bertz CT molecular complexity index is 1140. The number of fused-ring (bicyclic) bond motifs is 3. The van der Waals surface area contributed by atoms with E-state index < -0.39 is 5.54 Å². The number of amides is 1. The van der Waals surface area contributed by atoms with E-state index in [0.717, 1.165) is 31.1 Å². The van der Waals surface area contributed by atoms with Crippen molar-refractivity contribution in [1.29, 1.82) is 0 Å². The lowest BCUT2D eigenvalue weighted by molar-refractivity contribution is 0.0962. The Labute approximate surface area is 176 Å². The number of hydrogen-bond donors (Lipinski definition) is 0. The molecule has 138 valence electrons. The van der Waals surface area contributed by atoms with Gasteiger partial charge in [0, 0.05) is 11.1 Å². The minimum absolute atomic E-state index is 0.0925. The van der Waals surface area contributed by atoms with Crippen LogP contribution >= 0.6 is 44.5 Å². The molecule has 0 N–H and O–H groups in total. The van der Waals surface area contributed by atoms with Crippen LogP contribution in [0.3, 0.4) is 0 Å². The standard InChI is InChI=1S/C21H18ClNOS3/c1-11-9-14-16(10-12(11)2)23(19(24)13-7-5-6-8-15(13)22)21(3,4)18-17(14)20(25)27-26-18/h5-10H,1-4H3. The Balaban J connectivity index is 2.04. The average Bonchev–Trinajstić information content (AvgIpc) is 3.00. The Morgan fingerprint density at radius 3 is 2.48 bits per heavy atom. The van der Waals surface area contributed by atoms with E-state index >= 15 is 0 Å². The summed E-state index contributed by atoms with van der Waals surface area (Å²) in [6.45, 7) is 8.32. The Kier molecular flexibility index (Phi) is 4.54. The van der Waals surface area contributed by atoms with Crippen LogP contribution in [0.25, 0.3) is 11.1 Å². The van der Waals surface area contributed by atoms with Gasteiger partial charge in [-0.05, 0) is 63.1 Å². The first-order valence-corrected chi connectivity index (χ1v) is 11.5. The molecule has 1 aromatic heterocycles. The predicted molar refractivity (Wildman–Crippen MR) is 119 cm³/mol. The molecule has 1 aliphatic heterocycles. The molecule has 0 fully saturated rings. The summed E-state index contributed by atoms with van der Waals surface area (Å²) in [6.07, 6.45) is 0. The van der Waals surface area contributed by atoms with Crippen LogP contribution in [0.15, 0.2) is 36.4 Å². The molecule has 2 heterocycles. The summed E-state index contributed by atoms with van der Waals surface area (Å²) in [4.78, 5) is 16.7. The molecular weight excluding hydrogens is 414 g/mol. The highest BCUT2D eigenvalue weighted by Crippen LogP contribution is 2.53. The Morgan fingerprint density at radius 2 is 1.78 bits per heavy atom. The SMILES string of the molecule is Cc1cc2c(cc1C)N(C(=O)c1ccccc1Cl)C(C)(C)c1ssc(=S)c1-2. The third kappa shape index (κ3) is 2.80. The number of hydrogen-bond acceptors (Lipinski definition) is 4. The highest BCUT2D eigenvalue weighted by molar-refractivity contribution is 7.80. The average molecular weight is 432 g/mol. The molecule has 3 aromatic rings. The van der Waals surface area contributed by atoms with E-state index in [0.29, 0.717) is 10.6 Å². The van der Waals surface area contributed by atoms with Crippen molar-refractivity contribution >= 4 is 56.1 Å². The molecule has 2 nitrogen and oxygen atoms in total. The molecule has 0 saturated carbocycles. The molecule has 0 bridgehead atoms. The molecule has 4 rings (SSSR count). The number of aryl methyl sites for hydroxylation is 2. The lowest BCUT2D eigenvalue weighted by Gasteiger charge is -2.43. The largest absolute Gasteiger partial charge is 0.297 e. The minimum Gasteiger partial charge on any atom is -0.297 e. The smallest absolute Gasteiger partial charge is 0.260 e. The number of nitrogens with zero attached hydrogens (tertiary/aromatic N) is 1. The summed E-state index contributed by atoms with van der Waals surface area (Å²) in [7, 11) is 3.27. The van der Waals surface area contributed by atoms with Crippen LogP contribution in [0.4, 0.5) is 5.69 Å². The Hall–Kier alpha value is -1.53. The first-order valence-electron chi connectivity index (χ1n) is 8.58. The summed E-state index contributed by atoms with van der Waals surface area (Å²) >= 11 is 12.0. The van der Waals surface area contributed by atoms with Crippen LogP contribution in [0.1, 0.15) is 40.2 Å². The van der Waals surface area contributed by atoms with Gasteiger partial charge in [-0.2, -0.15) is 0 Å². The topological polar surface area (TPSA) is 20.3 Å². The van der Waals surface area contributed by atoms with Crippen LogP contribution in [-0.4, -0.2) is 5.91 Å². The zero-order valence-corrected chi connectivity index (χ0v) is 18.6. The van der Waals surface area contributed by atoms with E-state index in [-0.39, 0.29) is 5.91 Å². The molecule has 0 saturated heterocycles. The van der Waals surface area contributed by atoms with Crippen LogP contribution < -0.4 is 4.90 Å². The second-order valence-corrected chi connectivity index (χ2v) is 10.5. The van der Waals surface area contributed by atoms with Gasteiger partial charge in [-0.15, -0.1) is 0 Å². The molecule has 6 heteroatoms. The van der Waals surface area contributed by atoms with Crippen molar-refractivity contribution in [2.45, 2.75) is 33.2 Å². The molecule has 1 aliphatic rings. The highest BCUT2D eigenvalue weighted by Gasteiger charge is 2.43. The van der Waals surface area contributed by atoms with E-state index in [1.165, 1.54) is 5.56 Å². The van der Waals surface area contributed by atoms with E-state index in [9.17, 15) is 4.79 Å². The van der Waals surface area contributed by atoms with Crippen molar-refractivity contribution in [1.82, 2.24) is 0 Å². The van der Waals surface area contributed by atoms with Gasteiger partial charge in [-0.3, -0.25) is 9.69 Å². The van der Waals surface area contributed by atoms with E-state index in [1.807, 2.05) is 17.0 Å². The van der Waals surface area contributed by atoms with Gasteiger partial charge in [0.05, 0.1) is 26.7 Å². The highest BCUT2D eigenvalue weighted by atomic mass is 35.5. The predicted octanol–water partition coefficient (Wildman–Crippen LogP) is 7.37. The van der Waals surface area contributed by atoms with Gasteiger partial charge < -0.3 is 0 Å². The molecule has 2 aromatic carbocycles. The summed E-state index contributed by atoms with van der Waals surface area (Å²) in [6, 6.07) is 11.5. The number of carbonyl (C=O) groups is 1. The second kappa shape index (κ2) is 6.52. The van der Waals surface area contributed by atoms with Gasteiger partial charge in [-0.25, -0.2) is 0 Å². The van der Waals surface area contributed by atoms with Crippen LogP contribution in [0, 0.1) is 17.7 Å². The van der Waals surface area contributed by atoms with E-state index in [1.54, 1.807) is 32.8 Å². The monoisotopic (exact) mass is 431 g/mol. The normalized spacial score (nSPS) is 14.6. The van der Waals surface area contributed by atoms with Crippen LogP contribution in [-0.2, 0) is 5.54 Å². The first-order chi connectivity index (χ1) is 12.7. The van der Waals surface area contributed by atoms with Gasteiger partial charge in [0.25, 0.3) is 5.91 Å². The second-order valence-electron chi connectivity index (χ2n) is 7.29. The number of anilines is 1. The number of rotatable bonds is 1. The fourth-order valence-electron chi connectivity index (χ4n) is 3.60. The van der Waals surface area contributed by atoms with Crippen LogP contribution in [0.5, 0.6) is 0 Å². The maximum absolute atomic E-state index is 13.6. The van der Waals surface area contributed by atoms with Crippen molar-refractivity contribution in [2.75, 3.05) is 4.90 Å². The van der Waals surface area contributed by atoms with E-state index in [4.69, 9.17) is 23.8 Å². The fraction of sp³-hybridized carbons (Fsp3) is 0.238. The summed E-state index contributed by atoms with van der Waals surface area (Å²) in [5.41, 5.74) is 5.38. The molecule has 0 radical (unpaired) electrons. The maximum atomic E-state index is 13.6. The zero-order valence-electron chi connectivity index (χ0n) is 15.4. The fourth-order valence-corrected chi connectivity index (χ4v) is 7.10. The number of carbonyl (C=O) groups excluding carboxylic acids is 1. The molecular formula is C21H18ClNOS3. The zero-order chi connectivity index (χ0) is 19.5. The van der Waals surface area contributed by atoms with Crippen LogP contribution in [0.2, 0.25) is 5.02 Å². The van der Waals surface area contributed by atoms with Gasteiger partial charge in [0.15, 0.2) is 0 Å². The van der Waals surface area contributed by atoms with Crippen molar-refractivity contribution in [3.8, 4) is 11.1 Å². The van der Waals surface area contributed by atoms with Gasteiger partial charge in [0.1, 0.15) is 3.82 Å². The summed E-state index contributed by atoms with van der Waals surface area (Å²) in [5, 5.41) is 0.465.